The number of phenolic OH excluding ortho intramolecular Hbond substituents is 1. The topological polar surface area (TPSA) is 73.5 Å². The average Bonchev–Trinajstić information content (AvgIpc) is 2.78. The van der Waals surface area contributed by atoms with Crippen LogP contribution in [0.2, 0.25) is 0 Å². The number of nitrogens with zero attached hydrogens (tertiary/aromatic N) is 1. The van der Waals surface area contributed by atoms with Crippen molar-refractivity contribution in [2.45, 2.75) is 70.7 Å². The molecule has 24 heavy (non-hydrogen) atoms. The van der Waals surface area contributed by atoms with Crippen molar-refractivity contribution in [2.24, 2.45) is 11.8 Å². The van der Waals surface area contributed by atoms with Gasteiger partial charge in [-0.15, -0.1) is 0 Å². The Balaban J connectivity index is 2.01. The second-order valence-corrected chi connectivity index (χ2v) is 7.10. The van der Waals surface area contributed by atoms with Gasteiger partial charge in [-0.2, -0.15) is 5.26 Å². The van der Waals surface area contributed by atoms with Crippen LogP contribution in [0, 0.1) is 23.2 Å². The van der Waals surface area contributed by atoms with E-state index < -0.39 is 6.10 Å². The Bertz CT molecular complexity index is 540. The molecule has 0 saturated heterocycles. The van der Waals surface area contributed by atoms with E-state index in [2.05, 4.69) is 6.92 Å². The van der Waals surface area contributed by atoms with Crippen molar-refractivity contribution in [3.8, 4) is 11.8 Å². The van der Waals surface area contributed by atoms with Crippen LogP contribution in [0.25, 0.3) is 0 Å². The fourth-order valence-corrected chi connectivity index (χ4v) is 3.57. The lowest BCUT2D eigenvalue weighted by Crippen LogP contribution is -2.28. The fourth-order valence-electron chi connectivity index (χ4n) is 3.57. The van der Waals surface area contributed by atoms with Crippen LogP contribution in [0.4, 0.5) is 0 Å². The molecule has 0 aliphatic heterocycles. The summed E-state index contributed by atoms with van der Waals surface area (Å²) in [5.74, 6) is 1.40. The Hall–Kier alpha value is -1.57. The molecule has 0 amide bonds. The van der Waals surface area contributed by atoms with E-state index in [-0.39, 0.29) is 18.3 Å². The third kappa shape index (κ3) is 5.81. The first kappa shape index (κ1) is 18.8. The monoisotopic (exact) mass is 331 g/mol. The SMILES string of the molecule is CC1CCCC(C(CC(O)CC#N)OCc2ccccc2O)CC1. The van der Waals surface area contributed by atoms with Crippen LogP contribution in [0.1, 0.15) is 57.4 Å². The summed E-state index contributed by atoms with van der Waals surface area (Å²) < 4.78 is 6.13. The van der Waals surface area contributed by atoms with Crippen LogP contribution in [0.15, 0.2) is 24.3 Å². The first-order valence-electron chi connectivity index (χ1n) is 9.03. The molecule has 1 fully saturated rings. The minimum atomic E-state index is -0.648. The molecule has 2 N–H and O–H groups in total. The van der Waals surface area contributed by atoms with E-state index in [0.29, 0.717) is 18.9 Å². The standard InChI is InChI=1S/C20H29NO3/c1-15-5-4-7-16(10-9-15)20(13-18(22)11-12-21)24-14-17-6-2-3-8-19(17)23/h2-3,6,8,15-16,18,20,22-23H,4-5,7,9-11,13-14H2,1H3. The smallest absolute Gasteiger partial charge is 0.121 e. The normalized spacial score (nSPS) is 23.9. The zero-order chi connectivity index (χ0) is 17.4. The molecule has 4 heteroatoms. The van der Waals surface area contributed by atoms with Crippen LogP contribution < -0.4 is 0 Å². The highest BCUT2D eigenvalue weighted by atomic mass is 16.5. The van der Waals surface area contributed by atoms with E-state index >= 15 is 0 Å². The van der Waals surface area contributed by atoms with Crippen molar-refractivity contribution in [1.29, 1.82) is 5.26 Å². The first-order chi connectivity index (χ1) is 11.6. The minimum absolute atomic E-state index is 0.0711. The van der Waals surface area contributed by atoms with Gasteiger partial charge in [-0.3, -0.25) is 0 Å². The number of aromatic hydroxyl groups is 1. The summed E-state index contributed by atoms with van der Waals surface area (Å²) in [6, 6.07) is 9.22. The molecule has 132 valence electrons. The largest absolute Gasteiger partial charge is 0.508 e. The molecule has 0 radical (unpaired) electrons. The summed E-state index contributed by atoms with van der Waals surface area (Å²) in [4.78, 5) is 0. The lowest BCUT2D eigenvalue weighted by Gasteiger charge is -2.28. The van der Waals surface area contributed by atoms with Crippen molar-refractivity contribution in [3.05, 3.63) is 29.8 Å². The number of aliphatic hydroxyl groups is 1. The summed E-state index contributed by atoms with van der Waals surface area (Å²) in [6.45, 7) is 2.63. The summed E-state index contributed by atoms with van der Waals surface area (Å²) in [5, 5.41) is 28.8. The highest BCUT2D eigenvalue weighted by Gasteiger charge is 2.27. The second-order valence-electron chi connectivity index (χ2n) is 7.10. The maximum Gasteiger partial charge on any atom is 0.121 e. The van der Waals surface area contributed by atoms with E-state index in [1.54, 1.807) is 12.1 Å². The number of para-hydroxylation sites is 1. The molecule has 0 spiro atoms. The third-order valence-electron chi connectivity index (χ3n) is 5.10. The molecule has 0 aromatic heterocycles. The fraction of sp³-hybridized carbons (Fsp3) is 0.650. The van der Waals surface area contributed by atoms with Gasteiger partial charge in [-0.1, -0.05) is 44.4 Å². The molecule has 0 heterocycles. The number of aliphatic hydroxyl groups excluding tert-OH is 1. The predicted molar refractivity (Wildman–Crippen MR) is 93.3 cm³/mol. The Morgan fingerprint density at radius 2 is 2.04 bits per heavy atom. The maximum atomic E-state index is 10.1. The molecule has 1 aromatic rings. The van der Waals surface area contributed by atoms with E-state index in [1.807, 2.05) is 18.2 Å². The lowest BCUT2D eigenvalue weighted by molar-refractivity contribution is -0.0332. The van der Waals surface area contributed by atoms with Crippen LogP contribution in [-0.2, 0) is 11.3 Å². The van der Waals surface area contributed by atoms with Crippen molar-refractivity contribution >= 4 is 0 Å². The molecule has 1 saturated carbocycles. The van der Waals surface area contributed by atoms with Gasteiger partial charge in [-0.25, -0.2) is 0 Å². The van der Waals surface area contributed by atoms with E-state index in [0.717, 1.165) is 24.3 Å². The number of rotatable bonds is 7. The van der Waals surface area contributed by atoms with E-state index in [1.165, 1.54) is 19.3 Å². The Morgan fingerprint density at radius 1 is 1.25 bits per heavy atom. The van der Waals surface area contributed by atoms with Gasteiger partial charge in [0.1, 0.15) is 5.75 Å². The highest BCUT2D eigenvalue weighted by Crippen LogP contribution is 2.33. The van der Waals surface area contributed by atoms with E-state index in [9.17, 15) is 10.2 Å². The lowest BCUT2D eigenvalue weighted by atomic mass is 9.89. The van der Waals surface area contributed by atoms with Crippen molar-refractivity contribution in [2.75, 3.05) is 0 Å². The molecular weight excluding hydrogens is 302 g/mol. The molecule has 0 bridgehead atoms. The molecule has 4 nitrogen and oxygen atoms in total. The van der Waals surface area contributed by atoms with Gasteiger partial charge in [0.25, 0.3) is 0 Å². The van der Waals surface area contributed by atoms with Crippen molar-refractivity contribution in [1.82, 2.24) is 0 Å². The Labute approximate surface area is 145 Å². The quantitative estimate of drug-likeness (QED) is 0.736. The third-order valence-corrected chi connectivity index (χ3v) is 5.10. The van der Waals surface area contributed by atoms with E-state index in [4.69, 9.17) is 10.00 Å². The van der Waals surface area contributed by atoms with Gasteiger partial charge in [0.15, 0.2) is 0 Å². The Morgan fingerprint density at radius 3 is 2.79 bits per heavy atom. The number of hydrogen-bond acceptors (Lipinski definition) is 4. The van der Waals surface area contributed by atoms with Gasteiger partial charge in [0.2, 0.25) is 0 Å². The van der Waals surface area contributed by atoms with Crippen molar-refractivity contribution in [3.63, 3.8) is 0 Å². The van der Waals surface area contributed by atoms with Crippen LogP contribution in [0.5, 0.6) is 5.75 Å². The molecule has 4 atom stereocenters. The summed E-state index contributed by atoms with van der Waals surface area (Å²) >= 11 is 0. The van der Waals surface area contributed by atoms with Gasteiger partial charge in [-0.05, 0) is 30.7 Å². The van der Waals surface area contributed by atoms with Gasteiger partial charge < -0.3 is 14.9 Å². The second kappa shape index (κ2) is 9.66. The molecule has 1 aromatic carbocycles. The average molecular weight is 331 g/mol. The minimum Gasteiger partial charge on any atom is -0.508 e. The summed E-state index contributed by atoms with van der Waals surface area (Å²) in [7, 11) is 0. The molecular formula is C20H29NO3. The van der Waals surface area contributed by atoms with Crippen LogP contribution >= 0.6 is 0 Å². The van der Waals surface area contributed by atoms with Crippen LogP contribution in [-0.4, -0.2) is 22.4 Å². The summed E-state index contributed by atoms with van der Waals surface area (Å²) in [5.41, 5.74) is 0.763. The molecule has 1 aliphatic carbocycles. The number of ether oxygens (including phenoxy) is 1. The molecule has 2 rings (SSSR count). The zero-order valence-corrected chi connectivity index (χ0v) is 14.5. The van der Waals surface area contributed by atoms with Gasteiger partial charge >= 0.3 is 0 Å². The predicted octanol–water partition coefficient (Wildman–Crippen LogP) is 4.16. The number of nitriles is 1. The van der Waals surface area contributed by atoms with Gasteiger partial charge in [0, 0.05) is 12.0 Å². The molecule has 4 unspecified atom stereocenters. The number of phenols is 1. The number of benzene rings is 1. The Kier molecular flexibility index (Phi) is 7.55. The first-order valence-corrected chi connectivity index (χ1v) is 9.03. The van der Waals surface area contributed by atoms with Crippen molar-refractivity contribution < 1.29 is 14.9 Å². The zero-order valence-electron chi connectivity index (χ0n) is 14.5. The number of hydrogen-bond donors (Lipinski definition) is 2. The van der Waals surface area contributed by atoms with Crippen LogP contribution in [0.3, 0.4) is 0 Å². The van der Waals surface area contributed by atoms with Gasteiger partial charge in [0.05, 0.1) is 31.3 Å². The maximum absolute atomic E-state index is 10.1. The molecule has 1 aliphatic rings. The summed E-state index contributed by atoms with van der Waals surface area (Å²) in [6.07, 6.45) is 5.75. The highest BCUT2D eigenvalue weighted by molar-refractivity contribution is 5.30.